The van der Waals surface area contributed by atoms with Crippen molar-refractivity contribution in [3.8, 4) is 5.75 Å². The summed E-state index contributed by atoms with van der Waals surface area (Å²) in [6, 6.07) is 4.68. The molecule has 5 nitrogen and oxygen atoms in total. The fraction of sp³-hybridized carbons (Fsp3) is 0.600. The van der Waals surface area contributed by atoms with E-state index < -0.39 is 10.0 Å². The highest BCUT2D eigenvalue weighted by molar-refractivity contribution is 7.89. The Morgan fingerprint density at radius 1 is 1.33 bits per heavy atom. The minimum atomic E-state index is -3.48. The molecule has 1 aromatic carbocycles. The Bertz CT molecular complexity index is 577. The van der Waals surface area contributed by atoms with E-state index in [0.717, 1.165) is 12.8 Å². The van der Waals surface area contributed by atoms with Crippen LogP contribution in [0.4, 0.5) is 0 Å². The van der Waals surface area contributed by atoms with Crippen LogP contribution in [0.25, 0.3) is 0 Å². The molecule has 1 saturated heterocycles. The quantitative estimate of drug-likeness (QED) is 0.903. The van der Waals surface area contributed by atoms with Gasteiger partial charge in [-0.15, -0.1) is 0 Å². The number of aliphatic hydroxyl groups is 1. The van der Waals surface area contributed by atoms with Crippen LogP contribution in [0, 0.1) is 5.92 Å². The maximum absolute atomic E-state index is 12.6. The fourth-order valence-corrected chi connectivity index (χ4v) is 4.03. The van der Waals surface area contributed by atoms with Crippen LogP contribution in [0.15, 0.2) is 23.1 Å². The molecule has 6 heteroatoms. The molecular formula is C15H23NO4S. The van der Waals surface area contributed by atoms with Gasteiger partial charge in [0.15, 0.2) is 0 Å². The van der Waals surface area contributed by atoms with E-state index in [2.05, 4.69) is 6.92 Å². The summed E-state index contributed by atoms with van der Waals surface area (Å²) >= 11 is 0. The molecule has 1 fully saturated rings. The third kappa shape index (κ3) is 3.56. The lowest BCUT2D eigenvalue weighted by molar-refractivity contribution is 0.266. The van der Waals surface area contributed by atoms with Crippen molar-refractivity contribution < 1.29 is 18.3 Å². The van der Waals surface area contributed by atoms with Crippen LogP contribution in [0.3, 0.4) is 0 Å². The summed E-state index contributed by atoms with van der Waals surface area (Å²) in [5.74, 6) is 1.11. The maximum Gasteiger partial charge on any atom is 0.243 e. The number of hydrogen-bond donors (Lipinski definition) is 1. The summed E-state index contributed by atoms with van der Waals surface area (Å²) in [5, 5.41) is 9.39. The van der Waals surface area contributed by atoms with Gasteiger partial charge in [0.2, 0.25) is 10.0 Å². The van der Waals surface area contributed by atoms with E-state index in [1.54, 1.807) is 12.1 Å². The van der Waals surface area contributed by atoms with Gasteiger partial charge in [0, 0.05) is 18.7 Å². The molecule has 21 heavy (non-hydrogen) atoms. The second-order valence-electron chi connectivity index (χ2n) is 5.45. The van der Waals surface area contributed by atoms with Crippen molar-refractivity contribution in [1.82, 2.24) is 4.31 Å². The highest BCUT2D eigenvalue weighted by Crippen LogP contribution is 2.27. The van der Waals surface area contributed by atoms with Gasteiger partial charge in [-0.25, -0.2) is 8.42 Å². The Labute approximate surface area is 126 Å². The largest absolute Gasteiger partial charge is 0.494 e. The zero-order valence-corrected chi connectivity index (χ0v) is 13.4. The molecule has 1 N–H and O–H groups in total. The van der Waals surface area contributed by atoms with Crippen molar-refractivity contribution in [1.29, 1.82) is 0 Å². The molecule has 0 bridgehead atoms. The van der Waals surface area contributed by atoms with Crippen LogP contribution in [0.5, 0.6) is 5.75 Å². The first-order valence-electron chi connectivity index (χ1n) is 7.35. The van der Waals surface area contributed by atoms with Crippen molar-refractivity contribution in [2.75, 3.05) is 19.7 Å². The average molecular weight is 313 g/mol. The van der Waals surface area contributed by atoms with Crippen LogP contribution < -0.4 is 4.74 Å². The first-order valence-corrected chi connectivity index (χ1v) is 8.79. The highest BCUT2D eigenvalue weighted by atomic mass is 32.2. The third-order valence-corrected chi connectivity index (χ3v) is 5.78. The summed E-state index contributed by atoms with van der Waals surface area (Å²) in [4.78, 5) is 0.226. The van der Waals surface area contributed by atoms with Crippen LogP contribution in [0.1, 0.15) is 32.3 Å². The smallest absolute Gasteiger partial charge is 0.243 e. The first kappa shape index (κ1) is 16.3. The van der Waals surface area contributed by atoms with Crippen molar-refractivity contribution in [2.45, 2.75) is 38.2 Å². The maximum atomic E-state index is 12.6. The van der Waals surface area contributed by atoms with E-state index in [4.69, 9.17) is 4.74 Å². The van der Waals surface area contributed by atoms with Gasteiger partial charge in [0.25, 0.3) is 0 Å². The van der Waals surface area contributed by atoms with Gasteiger partial charge in [0.1, 0.15) is 5.75 Å². The fourth-order valence-electron chi connectivity index (χ4n) is 2.51. The molecule has 1 aromatic rings. The molecule has 0 amide bonds. The Kier molecular flexibility index (Phi) is 5.24. The molecule has 0 saturated carbocycles. The van der Waals surface area contributed by atoms with E-state index in [-0.39, 0.29) is 11.5 Å². The minimum absolute atomic E-state index is 0.226. The molecule has 0 atom stereocenters. The molecule has 0 spiro atoms. The van der Waals surface area contributed by atoms with Crippen molar-refractivity contribution in [3.63, 3.8) is 0 Å². The molecule has 118 valence electrons. The van der Waals surface area contributed by atoms with Crippen LogP contribution in [-0.4, -0.2) is 37.5 Å². The summed E-state index contributed by atoms with van der Waals surface area (Å²) < 4.78 is 32.2. The van der Waals surface area contributed by atoms with E-state index >= 15 is 0 Å². The SMILES string of the molecule is CCOc1ccc(S(=O)(=O)N2CCC(C)CC2)cc1CO. The van der Waals surface area contributed by atoms with Gasteiger partial charge in [0.05, 0.1) is 18.1 Å². The lowest BCUT2D eigenvalue weighted by Crippen LogP contribution is -2.37. The van der Waals surface area contributed by atoms with Gasteiger partial charge in [-0.1, -0.05) is 6.92 Å². The Morgan fingerprint density at radius 3 is 2.57 bits per heavy atom. The standard InChI is InChI=1S/C15H23NO4S/c1-3-20-15-5-4-14(10-13(15)11-17)21(18,19)16-8-6-12(2)7-9-16/h4-5,10,12,17H,3,6-9,11H2,1-2H3. The molecule has 0 aliphatic carbocycles. The van der Waals surface area contributed by atoms with Crippen molar-refractivity contribution >= 4 is 10.0 Å². The van der Waals surface area contributed by atoms with Gasteiger partial charge in [-0.3, -0.25) is 0 Å². The molecule has 1 heterocycles. The minimum Gasteiger partial charge on any atom is -0.494 e. The van der Waals surface area contributed by atoms with Crippen LogP contribution in [-0.2, 0) is 16.6 Å². The second kappa shape index (κ2) is 6.77. The number of nitrogens with zero attached hydrogens (tertiary/aromatic N) is 1. The van der Waals surface area contributed by atoms with Gasteiger partial charge in [-0.05, 0) is 43.9 Å². The zero-order valence-electron chi connectivity index (χ0n) is 12.6. The number of benzene rings is 1. The second-order valence-corrected chi connectivity index (χ2v) is 7.39. The Balaban J connectivity index is 2.27. The van der Waals surface area contributed by atoms with E-state index in [9.17, 15) is 13.5 Å². The summed E-state index contributed by atoms with van der Waals surface area (Å²) in [6.45, 7) is 5.35. The molecule has 0 radical (unpaired) electrons. The Morgan fingerprint density at radius 2 is 2.00 bits per heavy atom. The number of hydrogen-bond acceptors (Lipinski definition) is 4. The van der Waals surface area contributed by atoms with Gasteiger partial charge >= 0.3 is 0 Å². The molecular weight excluding hydrogens is 290 g/mol. The normalized spacial score (nSPS) is 17.9. The summed E-state index contributed by atoms with van der Waals surface area (Å²) in [6.07, 6.45) is 1.78. The lowest BCUT2D eigenvalue weighted by atomic mass is 10.0. The predicted octanol–water partition coefficient (Wildman–Crippen LogP) is 2.00. The topological polar surface area (TPSA) is 66.8 Å². The van der Waals surface area contributed by atoms with Gasteiger partial charge in [-0.2, -0.15) is 4.31 Å². The summed E-state index contributed by atoms with van der Waals surface area (Å²) in [5.41, 5.74) is 0.503. The molecule has 0 unspecified atom stereocenters. The van der Waals surface area contributed by atoms with Crippen molar-refractivity contribution in [3.05, 3.63) is 23.8 Å². The number of rotatable bonds is 5. The molecule has 2 rings (SSSR count). The van der Waals surface area contributed by atoms with Gasteiger partial charge < -0.3 is 9.84 Å². The Hall–Kier alpha value is -1.11. The number of piperidine rings is 1. The van der Waals surface area contributed by atoms with E-state index in [0.29, 0.717) is 36.9 Å². The first-order chi connectivity index (χ1) is 9.98. The molecule has 1 aliphatic rings. The molecule has 0 aromatic heterocycles. The van der Waals surface area contributed by atoms with E-state index in [1.807, 2.05) is 6.92 Å². The van der Waals surface area contributed by atoms with E-state index in [1.165, 1.54) is 10.4 Å². The highest BCUT2D eigenvalue weighted by Gasteiger charge is 2.28. The monoisotopic (exact) mass is 313 g/mol. The third-order valence-electron chi connectivity index (χ3n) is 3.88. The summed E-state index contributed by atoms with van der Waals surface area (Å²) in [7, 11) is -3.48. The van der Waals surface area contributed by atoms with Crippen LogP contribution in [0.2, 0.25) is 0 Å². The predicted molar refractivity (Wildman–Crippen MR) is 80.7 cm³/mol. The molecule has 1 aliphatic heterocycles. The lowest BCUT2D eigenvalue weighted by Gasteiger charge is -2.29. The number of ether oxygens (including phenoxy) is 1. The average Bonchev–Trinajstić information content (AvgIpc) is 2.48. The number of aliphatic hydroxyl groups excluding tert-OH is 1. The van der Waals surface area contributed by atoms with Crippen molar-refractivity contribution in [2.24, 2.45) is 5.92 Å². The van der Waals surface area contributed by atoms with Crippen LogP contribution >= 0.6 is 0 Å². The number of sulfonamides is 1. The zero-order chi connectivity index (χ0) is 15.5.